The molecule has 0 fully saturated rings. The SMILES string of the molecule is Cc1cc(C)cc(NC(=O)c2cc(C(=O)O)co2)c1. The quantitative estimate of drug-likeness (QED) is 0.888. The topological polar surface area (TPSA) is 79.5 Å². The highest BCUT2D eigenvalue weighted by atomic mass is 16.4. The zero-order chi connectivity index (χ0) is 14.0. The molecule has 1 aromatic carbocycles. The Kier molecular flexibility index (Phi) is 3.37. The Morgan fingerprint density at radius 3 is 2.26 bits per heavy atom. The van der Waals surface area contributed by atoms with E-state index in [0.717, 1.165) is 17.4 Å². The minimum absolute atomic E-state index is 0.0310. The van der Waals surface area contributed by atoms with Gasteiger partial charge < -0.3 is 14.8 Å². The predicted molar refractivity (Wildman–Crippen MR) is 69.5 cm³/mol. The van der Waals surface area contributed by atoms with Crippen molar-refractivity contribution in [3.8, 4) is 0 Å². The largest absolute Gasteiger partial charge is 0.478 e. The Hall–Kier alpha value is -2.56. The van der Waals surface area contributed by atoms with Gasteiger partial charge in [-0.05, 0) is 37.1 Å². The molecule has 0 saturated carbocycles. The van der Waals surface area contributed by atoms with Crippen molar-refractivity contribution in [2.45, 2.75) is 13.8 Å². The van der Waals surface area contributed by atoms with Crippen molar-refractivity contribution in [2.75, 3.05) is 5.32 Å². The van der Waals surface area contributed by atoms with Gasteiger partial charge in [-0.2, -0.15) is 0 Å². The molecule has 0 aliphatic carbocycles. The van der Waals surface area contributed by atoms with Crippen LogP contribution in [0.15, 0.2) is 34.9 Å². The van der Waals surface area contributed by atoms with Crippen molar-refractivity contribution >= 4 is 17.6 Å². The molecule has 0 radical (unpaired) electrons. The Morgan fingerprint density at radius 2 is 1.74 bits per heavy atom. The lowest BCUT2D eigenvalue weighted by Crippen LogP contribution is -2.11. The number of hydrogen-bond donors (Lipinski definition) is 2. The second kappa shape index (κ2) is 4.97. The Bertz CT molecular complexity index is 622. The van der Waals surface area contributed by atoms with Gasteiger partial charge in [0, 0.05) is 11.8 Å². The molecule has 2 rings (SSSR count). The first-order valence-electron chi connectivity index (χ1n) is 5.67. The summed E-state index contributed by atoms with van der Waals surface area (Å²) in [7, 11) is 0. The van der Waals surface area contributed by atoms with Gasteiger partial charge in [0.2, 0.25) is 0 Å². The van der Waals surface area contributed by atoms with Gasteiger partial charge in [0.1, 0.15) is 6.26 Å². The maximum atomic E-state index is 11.9. The molecule has 2 aromatic rings. The summed E-state index contributed by atoms with van der Waals surface area (Å²) in [6.07, 6.45) is 1.04. The molecule has 2 N–H and O–H groups in total. The van der Waals surface area contributed by atoms with Gasteiger partial charge in [0.05, 0.1) is 5.56 Å². The van der Waals surface area contributed by atoms with E-state index in [0.29, 0.717) is 5.69 Å². The molecule has 0 bridgehead atoms. The van der Waals surface area contributed by atoms with Crippen LogP contribution in [0.4, 0.5) is 5.69 Å². The lowest BCUT2D eigenvalue weighted by molar-refractivity contribution is 0.0696. The molecular weight excluding hydrogens is 246 g/mol. The first-order chi connectivity index (χ1) is 8.95. The number of amides is 1. The second-order valence-electron chi connectivity index (χ2n) is 4.34. The van der Waals surface area contributed by atoms with E-state index in [1.165, 1.54) is 6.07 Å². The minimum Gasteiger partial charge on any atom is -0.478 e. The minimum atomic E-state index is -1.13. The first kappa shape index (κ1) is 12.9. The van der Waals surface area contributed by atoms with Crippen molar-refractivity contribution in [1.82, 2.24) is 0 Å². The van der Waals surface area contributed by atoms with E-state index in [4.69, 9.17) is 9.52 Å². The molecule has 0 atom stereocenters. The molecule has 0 spiro atoms. The van der Waals surface area contributed by atoms with E-state index in [9.17, 15) is 9.59 Å². The van der Waals surface area contributed by atoms with Crippen LogP contribution in [0.2, 0.25) is 0 Å². The fourth-order valence-corrected chi connectivity index (χ4v) is 1.81. The predicted octanol–water partition coefficient (Wildman–Crippen LogP) is 2.85. The van der Waals surface area contributed by atoms with Crippen LogP contribution in [0.5, 0.6) is 0 Å². The number of anilines is 1. The lowest BCUT2D eigenvalue weighted by atomic mass is 10.1. The third kappa shape index (κ3) is 3.01. The zero-order valence-corrected chi connectivity index (χ0v) is 10.6. The van der Waals surface area contributed by atoms with Gasteiger partial charge in [-0.3, -0.25) is 4.79 Å². The molecule has 1 amide bonds. The smallest absolute Gasteiger partial charge is 0.338 e. The van der Waals surface area contributed by atoms with Crippen LogP contribution in [0.3, 0.4) is 0 Å². The van der Waals surface area contributed by atoms with Crippen molar-refractivity contribution < 1.29 is 19.1 Å². The number of furan rings is 1. The zero-order valence-electron chi connectivity index (χ0n) is 10.6. The highest BCUT2D eigenvalue weighted by Crippen LogP contribution is 2.16. The number of carbonyl (C=O) groups excluding carboxylic acids is 1. The van der Waals surface area contributed by atoms with Crippen LogP contribution in [-0.4, -0.2) is 17.0 Å². The standard InChI is InChI=1S/C14H13NO4/c1-8-3-9(2)5-11(4-8)15-13(16)12-6-10(7-19-12)14(17)18/h3-7H,1-2H3,(H,15,16)(H,17,18). The fourth-order valence-electron chi connectivity index (χ4n) is 1.81. The molecule has 0 saturated heterocycles. The molecule has 0 aliphatic heterocycles. The van der Waals surface area contributed by atoms with E-state index >= 15 is 0 Å². The summed E-state index contributed by atoms with van der Waals surface area (Å²) in [5, 5.41) is 11.4. The number of nitrogens with one attached hydrogen (secondary N) is 1. The summed E-state index contributed by atoms with van der Waals surface area (Å²) >= 11 is 0. The molecule has 19 heavy (non-hydrogen) atoms. The highest BCUT2D eigenvalue weighted by Gasteiger charge is 2.14. The highest BCUT2D eigenvalue weighted by molar-refractivity contribution is 6.03. The number of carboxylic acids is 1. The average Bonchev–Trinajstić information content (AvgIpc) is 2.76. The fraction of sp³-hybridized carbons (Fsp3) is 0.143. The van der Waals surface area contributed by atoms with E-state index in [2.05, 4.69) is 5.32 Å². The molecular formula is C14H13NO4. The number of benzene rings is 1. The first-order valence-corrected chi connectivity index (χ1v) is 5.67. The summed E-state index contributed by atoms with van der Waals surface area (Å²) in [5.41, 5.74) is 2.66. The number of hydrogen-bond acceptors (Lipinski definition) is 3. The molecule has 0 aliphatic rings. The van der Waals surface area contributed by atoms with Crippen molar-refractivity contribution in [3.05, 3.63) is 53.0 Å². The van der Waals surface area contributed by atoms with E-state index in [1.807, 2.05) is 32.0 Å². The molecule has 98 valence electrons. The molecule has 1 aromatic heterocycles. The van der Waals surface area contributed by atoms with Gasteiger partial charge in [-0.1, -0.05) is 6.07 Å². The van der Waals surface area contributed by atoms with Crippen LogP contribution >= 0.6 is 0 Å². The van der Waals surface area contributed by atoms with E-state index in [1.54, 1.807) is 0 Å². The number of aryl methyl sites for hydroxylation is 2. The van der Waals surface area contributed by atoms with Gasteiger partial charge in [-0.15, -0.1) is 0 Å². The maximum Gasteiger partial charge on any atom is 0.338 e. The van der Waals surface area contributed by atoms with Crippen LogP contribution in [0, 0.1) is 13.8 Å². The molecule has 5 heteroatoms. The molecule has 0 unspecified atom stereocenters. The number of carboxylic acid groups (broad SMARTS) is 1. The monoisotopic (exact) mass is 259 g/mol. The normalized spacial score (nSPS) is 10.2. The average molecular weight is 259 g/mol. The molecule has 5 nitrogen and oxygen atoms in total. The summed E-state index contributed by atoms with van der Waals surface area (Å²) in [5.74, 6) is -1.64. The van der Waals surface area contributed by atoms with Gasteiger partial charge in [0.25, 0.3) is 5.91 Å². The van der Waals surface area contributed by atoms with Crippen LogP contribution in [0.1, 0.15) is 32.0 Å². The number of carbonyl (C=O) groups is 2. The Balaban J connectivity index is 2.18. The van der Waals surface area contributed by atoms with E-state index in [-0.39, 0.29) is 11.3 Å². The van der Waals surface area contributed by atoms with Crippen LogP contribution in [-0.2, 0) is 0 Å². The summed E-state index contributed by atoms with van der Waals surface area (Å²) in [6, 6.07) is 6.84. The maximum absolute atomic E-state index is 11.9. The lowest BCUT2D eigenvalue weighted by Gasteiger charge is -2.05. The van der Waals surface area contributed by atoms with Crippen LogP contribution < -0.4 is 5.32 Å². The third-order valence-corrected chi connectivity index (χ3v) is 2.55. The summed E-state index contributed by atoms with van der Waals surface area (Å²) in [4.78, 5) is 22.6. The number of rotatable bonds is 3. The summed E-state index contributed by atoms with van der Waals surface area (Å²) in [6.45, 7) is 3.86. The Labute approximate surface area is 109 Å². The van der Waals surface area contributed by atoms with E-state index < -0.39 is 11.9 Å². The van der Waals surface area contributed by atoms with Crippen molar-refractivity contribution in [3.63, 3.8) is 0 Å². The van der Waals surface area contributed by atoms with Gasteiger partial charge >= 0.3 is 5.97 Å². The van der Waals surface area contributed by atoms with Crippen LogP contribution in [0.25, 0.3) is 0 Å². The summed E-state index contributed by atoms with van der Waals surface area (Å²) < 4.78 is 4.93. The molecule has 1 heterocycles. The van der Waals surface area contributed by atoms with Gasteiger partial charge in [-0.25, -0.2) is 4.79 Å². The second-order valence-corrected chi connectivity index (χ2v) is 4.34. The van der Waals surface area contributed by atoms with Gasteiger partial charge in [0.15, 0.2) is 5.76 Å². The third-order valence-electron chi connectivity index (χ3n) is 2.55. The van der Waals surface area contributed by atoms with Crippen molar-refractivity contribution in [1.29, 1.82) is 0 Å². The Morgan fingerprint density at radius 1 is 1.11 bits per heavy atom. The van der Waals surface area contributed by atoms with Crippen molar-refractivity contribution in [2.24, 2.45) is 0 Å². The number of aromatic carboxylic acids is 1.